The molecule has 1 rings (SSSR count). The molecule has 1 aromatic carbocycles. The summed E-state index contributed by atoms with van der Waals surface area (Å²) in [5.74, 6) is 3.26. The van der Waals surface area contributed by atoms with Crippen LogP contribution in [-0.2, 0) is 6.42 Å². The summed E-state index contributed by atoms with van der Waals surface area (Å²) in [6.07, 6.45) is 6.11. The predicted molar refractivity (Wildman–Crippen MR) is 50.1 cm³/mol. The van der Waals surface area contributed by atoms with Gasteiger partial charge in [-0.1, -0.05) is 25.0 Å². The van der Waals surface area contributed by atoms with Crippen molar-refractivity contribution in [3.8, 4) is 18.1 Å². The monoisotopic (exact) mass is 160 g/mol. The lowest BCUT2D eigenvalue weighted by Gasteiger charge is -2.02. The molecule has 0 atom stereocenters. The predicted octanol–water partition coefficient (Wildman–Crippen LogP) is 2.26. The highest BCUT2D eigenvalue weighted by molar-refractivity contribution is 5.27. The molecule has 0 bridgehead atoms. The lowest BCUT2D eigenvalue weighted by Crippen LogP contribution is -1.93. The second-order valence-corrected chi connectivity index (χ2v) is 2.49. The Morgan fingerprint density at radius 2 is 2.00 bits per heavy atom. The van der Waals surface area contributed by atoms with Crippen molar-refractivity contribution in [2.45, 2.75) is 13.3 Å². The molecule has 1 heteroatoms. The number of terminal acetylenes is 1. The Morgan fingerprint density at radius 1 is 1.33 bits per heavy atom. The summed E-state index contributed by atoms with van der Waals surface area (Å²) in [6.45, 7) is 2.46. The molecule has 0 N–H and O–H groups in total. The summed E-state index contributed by atoms with van der Waals surface area (Å²) >= 11 is 0. The van der Waals surface area contributed by atoms with Gasteiger partial charge in [-0.3, -0.25) is 0 Å². The summed E-state index contributed by atoms with van der Waals surface area (Å²) < 4.78 is 5.22. The molecule has 0 saturated heterocycles. The molecule has 0 radical (unpaired) electrons. The van der Waals surface area contributed by atoms with Gasteiger partial charge in [0.25, 0.3) is 0 Å². The van der Waals surface area contributed by atoms with E-state index in [2.05, 4.69) is 12.8 Å². The first kappa shape index (κ1) is 8.67. The van der Waals surface area contributed by atoms with E-state index in [0.29, 0.717) is 6.61 Å². The van der Waals surface area contributed by atoms with Crippen molar-refractivity contribution in [1.82, 2.24) is 0 Å². The van der Waals surface area contributed by atoms with Crippen molar-refractivity contribution >= 4 is 0 Å². The normalized spacial score (nSPS) is 9.00. The molecule has 0 aliphatic heterocycles. The van der Waals surface area contributed by atoms with Gasteiger partial charge in [-0.2, -0.15) is 0 Å². The fourth-order valence-corrected chi connectivity index (χ4v) is 0.946. The van der Waals surface area contributed by atoms with Crippen LogP contribution in [0.15, 0.2) is 24.3 Å². The second-order valence-electron chi connectivity index (χ2n) is 2.49. The number of aryl methyl sites for hydroxylation is 1. The molecule has 0 aliphatic rings. The third kappa shape index (κ3) is 2.32. The lowest BCUT2D eigenvalue weighted by atomic mass is 10.2. The molecule has 0 heterocycles. The highest BCUT2D eigenvalue weighted by atomic mass is 16.5. The molecule has 12 heavy (non-hydrogen) atoms. The Morgan fingerprint density at radius 3 is 2.50 bits per heavy atom. The summed E-state index contributed by atoms with van der Waals surface area (Å²) in [4.78, 5) is 0. The van der Waals surface area contributed by atoms with Gasteiger partial charge in [-0.15, -0.1) is 6.42 Å². The molecule has 1 aromatic rings. The van der Waals surface area contributed by atoms with Crippen LogP contribution < -0.4 is 4.74 Å². The van der Waals surface area contributed by atoms with Crippen LogP contribution in [0.2, 0.25) is 0 Å². The second kappa shape index (κ2) is 4.46. The zero-order valence-corrected chi connectivity index (χ0v) is 7.21. The minimum Gasteiger partial charge on any atom is -0.481 e. The molecular formula is C11H12O. The Kier molecular flexibility index (Phi) is 3.22. The smallest absolute Gasteiger partial charge is 0.148 e. The molecular weight excluding hydrogens is 148 g/mol. The first-order valence-corrected chi connectivity index (χ1v) is 4.02. The van der Waals surface area contributed by atoms with Crippen molar-refractivity contribution in [1.29, 1.82) is 0 Å². The minimum absolute atomic E-state index is 0.339. The lowest BCUT2D eigenvalue weighted by molar-refractivity contribution is 0.370. The number of ether oxygens (including phenoxy) is 1. The van der Waals surface area contributed by atoms with Gasteiger partial charge in [0.15, 0.2) is 0 Å². The Balaban J connectivity index is 2.60. The zero-order valence-electron chi connectivity index (χ0n) is 7.21. The van der Waals surface area contributed by atoms with Gasteiger partial charge in [0.1, 0.15) is 12.4 Å². The van der Waals surface area contributed by atoms with E-state index in [-0.39, 0.29) is 0 Å². The first-order valence-electron chi connectivity index (χ1n) is 4.02. The standard InChI is InChI=1S/C11H12O/c1-3-9-12-11-7-5-10(4-2)6-8-11/h1,5-8H,4,9H2,2H3. The van der Waals surface area contributed by atoms with Gasteiger partial charge < -0.3 is 4.74 Å². The van der Waals surface area contributed by atoms with Gasteiger partial charge in [-0.05, 0) is 24.1 Å². The summed E-state index contributed by atoms with van der Waals surface area (Å²) in [6, 6.07) is 7.98. The maximum Gasteiger partial charge on any atom is 0.148 e. The minimum atomic E-state index is 0.339. The van der Waals surface area contributed by atoms with Crippen LogP contribution in [0.25, 0.3) is 0 Å². The van der Waals surface area contributed by atoms with Crippen molar-refractivity contribution in [2.24, 2.45) is 0 Å². The SMILES string of the molecule is C#CCOc1ccc(CC)cc1. The van der Waals surface area contributed by atoms with Crippen LogP contribution in [0.5, 0.6) is 5.75 Å². The van der Waals surface area contributed by atoms with Crippen LogP contribution in [0.1, 0.15) is 12.5 Å². The number of hydrogen-bond donors (Lipinski definition) is 0. The van der Waals surface area contributed by atoms with Crippen molar-refractivity contribution in [3.05, 3.63) is 29.8 Å². The highest BCUT2D eigenvalue weighted by Crippen LogP contribution is 2.11. The van der Waals surface area contributed by atoms with E-state index in [0.717, 1.165) is 12.2 Å². The van der Waals surface area contributed by atoms with E-state index in [1.807, 2.05) is 24.3 Å². The Labute approximate surface area is 73.4 Å². The highest BCUT2D eigenvalue weighted by Gasteiger charge is 1.91. The van der Waals surface area contributed by atoms with Crippen LogP contribution in [-0.4, -0.2) is 6.61 Å². The largest absolute Gasteiger partial charge is 0.481 e. The summed E-state index contributed by atoms with van der Waals surface area (Å²) in [5.41, 5.74) is 1.31. The molecule has 0 fully saturated rings. The van der Waals surface area contributed by atoms with Crippen LogP contribution in [0.3, 0.4) is 0 Å². The van der Waals surface area contributed by atoms with E-state index in [1.165, 1.54) is 5.56 Å². The van der Waals surface area contributed by atoms with Crippen molar-refractivity contribution in [2.75, 3.05) is 6.61 Å². The van der Waals surface area contributed by atoms with E-state index in [9.17, 15) is 0 Å². The average molecular weight is 160 g/mol. The first-order chi connectivity index (χ1) is 5.86. The zero-order chi connectivity index (χ0) is 8.81. The fraction of sp³-hybridized carbons (Fsp3) is 0.273. The molecule has 62 valence electrons. The van der Waals surface area contributed by atoms with E-state index < -0.39 is 0 Å². The summed E-state index contributed by atoms with van der Waals surface area (Å²) in [5, 5.41) is 0. The quantitative estimate of drug-likeness (QED) is 0.616. The third-order valence-corrected chi connectivity index (χ3v) is 1.65. The molecule has 0 spiro atoms. The van der Waals surface area contributed by atoms with Gasteiger partial charge in [-0.25, -0.2) is 0 Å². The molecule has 0 aliphatic carbocycles. The van der Waals surface area contributed by atoms with Gasteiger partial charge in [0, 0.05) is 0 Å². The van der Waals surface area contributed by atoms with Crippen LogP contribution in [0, 0.1) is 12.3 Å². The third-order valence-electron chi connectivity index (χ3n) is 1.65. The summed E-state index contributed by atoms with van der Waals surface area (Å²) in [7, 11) is 0. The molecule has 1 nitrogen and oxygen atoms in total. The van der Waals surface area contributed by atoms with Gasteiger partial charge in [0.2, 0.25) is 0 Å². The number of hydrogen-bond acceptors (Lipinski definition) is 1. The Bertz CT molecular complexity index is 266. The maximum atomic E-state index is 5.22. The number of rotatable bonds is 3. The molecule has 0 aromatic heterocycles. The van der Waals surface area contributed by atoms with Crippen LogP contribution >= 0.6 is 0 Å². The molecule has 0 amide bonds. The van der Waals surface area contributed by atoms with E-state index >= 15 is 0 Å². The van der Waals surface area contributed by atoms with E-state index in [1.54, 1.807) is 0 Å². The topological polar surface area (TPSA) is 9.23 Å². The fourth-order valence-electron chi connectivity index (χ4n) is 0.946. The molecule has 0 saturated carbocycles. The number of benzene rings is 1. The maximum absolute atomic E-state index is 5.22. The average Bonchev–Trinajstić information content (AvgIpc) is 2.15. The van der Waals surface area contributed by atoms with Crippen molar-refractivity contribution in [3.63, 3.8) is 0 Å². The van der Waals surface area contributed by atoms with Gasteiger partial charge in [0.05, 0.1) is 0 Å². The molecule has 0 unspecified atom stereocenters. The van der Waals surface area contributed by atoms with Crippen LogP contribution in [0.4, 0.5) is 0 Å². The van der Waals surface area contributed by atoms with Crippen molar-refractivity contribution < 1.29 is 4.74 Å². The Hall–Kier alpha value is -1.42. The van der Waals surface area contributed by atoms with E-state index in [4.69, 9.17) is 11.2 Å². The van der Waals surface area contributed by atoms with Gasteiger partial charge >= 0.3 is 0 Å².